The van der Waals surface area contributed by atoms with Gasteiger partial charge in [-0.15, -0.1) is 0 Å². The second-order valence-electron chi connectivity index (χ2n) is 9.26. The van der Waals surface area contributed by atoms with E-state index in [-0.39, 0.29) is 28.1 Å². The number of nitrogen functional groups attached to an aromatic ring is 1. The fourth-order valence-corrected chi connectivity index (χ4v) is 5.32. The number of carbonyl (C=O) groups is 2. The monoisotopic (exact) mass is 660 g/mol. The zero-order valence-electron chi connectivity index (χ0n) is 23.6. The number of thioether (sulfide) groups is 1. The Kier molecular flexibility index (Phi) is 10.6. The molecular formula is C30H25F5N6O2S2. The van der Waals surface area contributed by atoms with Gasteiger partial charge in [-0.25, -0.2) is 13.8 Å². The summed E-state index contributed by atoms with van der Waals surface area (Å²) in [6.45, 7) is 1.77. The number of nitrogens with one attached hydrogen (secondary N) is 2. The van der Waals surface area contributed by atoms with E-state index in [1.165, 1.54) is 48.8 Å². The van der Waals surface area contributed by atoms with Gasteiger partial charge < -0.3 is 16.4 Å². The third-order valence-electron chi connectivity index (χ3n) is 5.93. The number of benzene rings is 3. The largest absolute Gasteiger partial charge is 0.446 e. The Bertz CT molecular complexity index is 1770. The maximum atomic E-state index is 13.1. The lowest BCUT2D eigenvalue weighted by Gasteiger charge is -2.12. The van der Waals surface area contributed by atoms with Crippen molar-refractivity contribution >= 4 is 51.4 Å². The number of amides is 2. The highest BCUT2D eigenvalue weighted by molar-refractivity contribution is 8.00. The SMILES string of the molecule is Cc1nc(N)sc1C(=O)Nc1ccccc1.Cn1cc(C(=O)Nc2ccccc2-c2ccc(SC(F)(F)F)cc2)c(C(F)F)n1. The third-order valence-corrected chi connectivity index (χ3v) is 7.66. The molecule has 5 aromatic rings. The summed E-state index contributed by atoms with van der Waals surface area (Å²) in [7, 11) is 1.43. The van der Waals surface area contributed by atoms with Crippen molar-refractivity contribution in [1.82, 2.24) is 14.8 Å². The number of hydrogen-bond acceptors (Lipinski definition) is 7. The molecule has 0 atom stereocenters. The molecule has 0 aliphatic carbocycles. The van der Waals surface area contributed by atoms with E-state index in [4.69, 9.17) is 5.73 Å². The Labute approximate surface area is 262 Å². The highest BCUT2D eigenvalue weighted by Crippen LogP contribution is 2.38. The van der Waals surface area contributed by atoms with Crippen LogP contribution in [0.4, 0.5) is 38.5 Å². The van der Waals surface area contributed by atoms with Crippen LogP contribution in [0.3, 0.4) is 0 Å². The summed E-state index contributed by atoms with van der Waals surface area (Å²) in [5.74, 6) is -0.928. The van der Waals surface area contributed by atoms with Crippen LogP contribution in [0.1, 0.15) is 37.8 Å². The summed E-state index contributed by atoms with van der Waals surface area (Å²) in [6.07, 6.45) is -1.71. The molecule has 2 amide bonds. The van der Waals surface area contributed by atoms with Gasteiger partial charge in [-0.2, -0.15) is 18.3 Å². The van der Waals surface area contributed by atoms with Crippen LogP contribution < -0.4 is 16.4 Å². The fraction of sp³-hybridized carbons (Fsp3) is 0.133. The number of aromatic nitrogens is 3. The lowest BCUT2D eigenvalue weighted by atomic mass is 10.0. The van der Waals surface area contributed by atoms with Gasteiger partial charge in [0.1, 0.15) is 10.6 Å². The van der Waals surface area contributed by atoms with Crippen molar-refractivity contribution in [2.24, 2.45) is 7.05 Å². The van der Waals surface area contributed by atoms with Crippen LogP contribution in [0.5, 0.6) is 0 Å². The number of rotatable bonds is 7. The van der Waals surface area contributed by atoms with Gasteiger partial charge in [0, 0.05) is 35.1 Å². The van der Waals surface area contributed by atoms with E-state index < -0.39 is 23.5 Å². The third kappa shape index (κ3) is 9.12. The van der Waals surface area contributed by atoms with Crippen molar-refractivity contribution < 1.29 is 31.5 Å². The van der Waals surface area contributed by atoms with Crippen LogP contribution in [-0.2, 0) is 7.05 Å². The highest BCUT2D eigenvalue weighted by Gasteiger charge is 2.29. The molecule has 4 N–H and O–H groups in total. The number of thiazole rings is 1. The fourth-order valence-electron chi connectivity index (χ4n) is 4.05. The molecule has 0 saturated carbocycles. The molecule has 15 heteroatoms. The molecule has 0 fully saturated rings. The first-order valence-electron chi connectivity index (χ1n) is 13.0. The van der Waals surface area contributed by atoms with E-state index in [0.29, 0.717) is 32.5 Å². The van der Waals surface area contributed by atoms with Gasteiger partial charge in [-0.3, -0.25) is 14.3 Å². The molecule has 8 nitrogen and oxygen atoms in total. The van der Waals surface area contributed by atoms with Gasteiger partial charge in [-0.1, -0.05) is 59.9 Å². The minimum absolute atomic E-state index is 0.0275. The lowest BCUT2D eigenvalue weighted by molar-refractivity contribution is -0.0328. The molecule has 0 radical (unpaired) electrons. The molecule has 45 heavy (non-hydrogen) atoms. The van der Waals surface area contributed by atoms with Crippen molar-refractivity contribution in [3.8, 4) is 11.1 Å². The maximum absolute atomic E-state index is 13.1. The van der Waals surface area contributed by atoms with E-state index in [2.05, 4.69) is 20.7 Å². The number of carbonyl (C=O) groups excluding carboxylic acids is 2. The van der Waals surface area contributed by atoms with E-state index in [0.717, 1.165) is 10.4 Å². The topological polar surface area (TPSA) is 115 Å². The zero-order chi connectivity index (χ0) is 32.7. The van der Waals surface area contributed by atoms with Gasteiger partial charge in [0.2, 0.25) is 0 Å². The maximum Gasteiger partial charge on any atom is 0.446 e. The van der Waals surface area contributed by atoms with E-state index in [1.54, 1.807) is 31.2 Å². The summed E-state index contributed by atoms with van der Waals surface area (Å²) in [5, 5.41) is 9.38. The molecule has 5 rings (SSSR count). The molecule has 0 unspecified atom stereocenters. The second kappa shape index (κ2) is 14.3. The number of nitrogens with zero attached hydrogens (tertiary/aromatic N) is 3. The number of anilines is 3. The number of hydrogen-bond donors (Lipinski definition) is 3. The first-order chi connectivity index (χ1) is 21.3. The van der Waals surface area contributed by atoms with Gasteiger partial charge in [0.15, 0.2) is 5.13 Å². The Morgan fingerprint density at radius 2 is 1.58 bits per heavy atom. The van der Waals surface area contributed by atoms with Crippen molar-refractivity contribution in [3.05, 3.63) is 107 Å². The summed E-state index contributed by atoms with van der Waals surface area (Å²) in [5.41, 5.74) is 3.12. The Morgan fingerprint density at radius 3 is 2.18 bits per heavy atom. The molecule has 2 aromatic heterocycles. The van der Waals surface area contributed by atoms with Crippen LogP contribution in [0.2, 0.25) is 0 Å². The molecule has 2 heterocycles. The first kappa shape index (κ1) is 33.1. The average molecular weight is 661 g/mol. The van der Waals surface area contributed by atoms with Crippen molar-refractivity contribution in [1.29, 1.82) is 0 Å². The van der Waals surface area contributed by atoms with Crippen LogP contribution >= 0.6 is 23.1 Å². The zero-order valence-corrected chi connectivity index (χ0v) is 25.2. The summed E-state index contributed by atoms with van der Waals surface area (Å²) in [6, 6.07) is 21.5. The van der Waals surface area contributed by atoms with Gasteiger partial charge in [-0.05, 0) is 54.6 Å². The van der Waals surface area contributed by atoms with E-state index in [1.807, 2.05) is 30.3 Å². The molecule has 3 aromatic carbocycles. The van der Waals surface area contributed by atoms with E-state index in [9.17, 15) is 31.5 Å². The average Bonchev–Trinajstić information content (AvgIpc) is 3.55. The minimum atomic E-state index is -4.39. The van der Waals surface area contributed by atoms with Crippen LogP contribution in [-0.4, -0.2) is 32.1 Å². The number of aryl methyl sites for hydroxylation is 2. The molecule has 234 valence electrons. The number of nitrogens with two attached hydrogens (primary N) is 1. The molecule has 0 aliphatic rings. The van der Waals surface area contributed by atoms with Gasteiger partial charge >= 0.3 is 5.51 Å². The predicted octanol–water partition coefficient (Wildman–Crippen LogP) is 8.17. The normalized spacial score (nSPS) is 11.1. The van der Waals surface area contributed by atoms with Gasteiger partial charge in [0.25, 0.3) is 18.2 Å². The first-order valence-corrected chi connectivity index (χ1v) is 14.6. The van der Waals surface area contributed by atoms with Crippen molar-refractivity contribution in [2.45, 2.75) is 23.8 Å². The molecule has 0 bridgehead atoms. The molecule has 0 aliphatic heterocycles. The van der Waals surface area contributed by atoms with Crippen molar-refractivity contribution in [2.75, 3.05) is 16.4 Å². The number of alkyl halides is 5. The number of para-hydroxylation sites is 2. The summed E-state index contributed by atoms with van der Waals surface area (Å²) < 4.78 is 64.8. The molecule has 0 saturated heterocycles. The highest BCUT2D eigenvalue weighted by atomic mass is 32.2. The van der Waals surface area contributed by atoms with E-state index >= 15 is 0 Å². The summed E-state index contributed by atoms with van der Waals surface area (Å²) in [4.78, 5) is 29.0. The van der Waals surface area contributed by atoms with Crippen LogP contribution in [0, 0.1) is 6.92 Å². The Balaban J connectivity index is 0.000000242. The molecule has 0 spiro atoms. The van der Waals surface area contributed by atoms with Crippen LogP contribution in [0.25, 0.3) is 11.1 Å². The minimum Gasteiger partial charge on any atom is -0.375 e. The Hall–Kier alpha value is -4.76. The quantitative estimate of drug-likeness (QED) is 0.120. The smallest absolute Gasteiger partial charge is 0.375 e. The number of halogens is 5. The Morgan fingerprint density at radius 1 is 0.933 bits per heavy atom. The standard InChI is InChI=1S/C19H14F5N3OS.C11H11N3OS/c1-27-10-14(16(26-27)17(20)21)18(28)25-15-5-3-2-4-13(15)11-6-8-12(9-7-11)29-19(22,23)24;1-7-9(16-11(12)13-7)10(15)14-8-5-3-2-4-6-8/h2-10,17H,1H3,(H,25,28);2-6H,1H3,(H2,12,13)(H,14,15). The second-order valence-corrected chi connectivity index (χ2v) is 11.4. The van der Waals surface area contributed by atoms with Crippen molar-refractivity contribution in [3.63, 3.8) is 0 Å². The molecular weight excluding hydrogens is 635 g/mol. The summed E-state index contributed by atoms with van der Waals surface area (Å²) >= 11 is 0.970. The predicted molar refractivity (Wildman–Crippen MR) is 166 cm³/mol. The van der Waals surface area contributed by atoms with Crippen LogP contribution in [0.15, 0.2) is 90.0 Å². The van der Waals surface area contributed by atoms with Gasteiger partial charge in [0.05, 0.1) is 11.3 Å². The lowest BCUT2D eigenvalue weighted by Crippen LogP contribution is -2.14.